The Morgan fingerprint density at radius 1 is 2.00 bits per heavy atom. The smallest absolute Gasteiger partial charge is 0.106 e. The van der Waals surface area contributed by atoms with E-state index in [2.05, 4.69) is 34.0 Å². The first-order valence-corrected chi connectivity index (χ1v) is 4.64. The Bertz CT molecular complexity index is 86.8. The molecule has 0 spiro atoms. The molecule has 0 N–H and O–H groups in total. The van der Waals surface area contributed by atoms with E-state index in [1.807, 2.05) is 0 Å². The normalized spacial score (nSPS) is 14.8. The van der Waals surface area contributed by atoms with Gasteiger partial charge in [0.2, 0.25) is 0 Å². The first-order chi connectivity index (χ1) is 2.00. The van der Waals surface area contributed by atoms with E-state index in [-0.39, 0.29) is 0 Å². The molecule has 0 bridgehead atoms. The van der Waals surface area contributed by atoms with Crippen molar-refractivity contribution >= 4 is 41.0 Å². The van der Waals surface area contributed by atoms with Crippen LogP contribution < -0.4 is 0 Å². The number of hydrogen-bond donors (Lipinski definition) is 2. The van der Waals surface area contributed by atoms with Crippen LogP contribution >= 0.6 is 11.7 Å². The summed E-state index contributed by atoms with van der Waals surface area (Å²) in [5.41, 5.74) is 0. The fourth-order valence-electron chi connectivity index (χ4n) is 0. The third-order valence-corrected chi connectivity index (χ3v) is 0. The average Bonchev–Trinajstić information content (AvgIpc) is 0.722. The average molecular weight is 132 g/mol. The zero-order valence-electron chi connectivity index (χ0n) is 2.67. The van der Waals surface area contributed by atoms with Crippen LogP contribution in [0, 0.1) is 0 Å². The van der Waals surface area contributed by atoms with Crippen LogP contribution in [0.1, 0.15) is 0 Å². The molecule has 0 heterocycles. The number of hydrogen-bond acceptors (Lipinski definition) is 2. The molecular formula is H2S4. The summed E-state index contributed by atoms with van der Waals surface area (Å²) < 4.78 is 6.51. The summed E-state index contributed by atoms with van der Waals surface area (Å²) >= 11 is 12.0. The molecule has 0 fully saturated rings. The molecule has 0 aromatic heterocycles. The van der Waals surface area contributed by atoms with Crippen molar-refractivity contribution in [1.29, 1.82) is 1.12 Å². The largest absolute Gasteiger partial charge is 0.124 e. The van der Waals surface area contributed by atoms with Crippen molar-refractivity contribution in [3.63, 3.8) is 0 Å². The van der Waals surface area contributed by atoms with Crippen molar-refractivity contribution in [2.75, 3.05) is 0 Å². The summed E-state index contributed by atoms with van der Waals surface area (Å²) in [4.78, 5) is 0. The summed E-state index contributed by atoms with van der Waals surface area (Å²) in [7, 11) is 0. The van der Waals surface area contributed by atoms with Crippen LogP contribution in [0.5, 0.6) is 0 Å². The van der Waals surface area contributed by atoms with Crippen LogP contribution in [0.2, 0.25) is 0 Å². The predicted molar refractivity (Wildman–Crippen MR) is 32.5 cm³/mol. The van der Waals surface area contributed by atoms with Crippen LogP contribution in [0.4, 0.5) is 0 Å². The maximum atomic E-state index is 6.51. The van der Waals surface area contributed by atoms with E-state index in [0.717, 1.165) is 0 Å². The molecule has 0 aromatic rings. The third-order valence-electron chi connectivity index (χ3n) is 0. The lowest BCUT2D eigenvalue weighted by Gasteiger charge is -1.48. The zero-order chi connectivity index (χ0) is 4.50. The van der Waals surface area contributed by atoms with E-state index in [1.54, 1.807) is 0 Å². The van der Waals surface area contributed by atoms with E-state index in [9.17, 15) is 0 Å². The monoisotopic (exact) mass is 132 g/mol. The van der Waals surface area contributed by atoms with Gasteiger partial charge < -0.3 is 0 Å². The maximum absolute atomic E-state index is 6.51. The molecule has 0 nitrogen and oxygen atoms in total. The third kappa shape index (κ3) is 11.1. The van der Waals surface area contributed by atoms with Gasteiger partial charge in [-0.05, 0) is 22.4 Å². The van der Waals surface area contributed by atoms with E-state index in [1.165, 1.54) is 0 Å². The van der Waals surface area contributed by atoms with Gasteiger partial charge in [0.15, 0.2) is 0 Å². The van der Waals surface area contributed by atoms with E-state index in [0.29, 0.717) is 0 Å². The van der Waals surface area contributed by atoms with Gasteiger partial charge in [0, 0.05) is 0 Å². The van der Waals surface area contributed by atoms with Crippen LogP contribution in [0.25, 0.3) is 0 Å². The van der Waals surface area contributed by atoms with Gasteiger partial charge in [-0.1, -0.05) is 6.95 Å². The van der Waals surface area contributed by atoms with Gasteiger partial charge in [-0.2, -0.15) is 0 Å². The van der Waals surface area contributed by atoms with Crippen molar-refractivity contribution in [3.05, 3.63) is 0 Å². The Labute approximate surface area is 42.3 Å². The van der Waals surface area contributed by atoms with Gasteiger partial charge in [0.25, 0.3) is 0 Å². The first-order valence-electron chi connectivity index (χ1n) is 0.924. The van der Waals surface area contributed by atoms with E-state index < -0.39 is 6.95 Å². The highest BCUT2D eigenvalue weighted by atomic mass is 33.5. The second-order valence-corrected chi connectivity index (χ2v) is 5.86. The fraction of sp³-hybridized carbons (Fsp3) is 0. The standard InChI is InChI=1S/H2S4/c1-4(2)3/h4H,(H,1,2,3)/i4T. The Hall–Kier alpha value is 1.14. The minimum absolute atomic E-state index is 2.06. The van der Waals surface area contributed by atoms with Gasteiger partial charge in [0.05, 0.1) is 0 Å². The van der Waals surface area contributed by atoms with Gasteiger partial charge >= 0.3 is 0 Å². The lowest BCUT2D eigenvalue weighted by atomic mass is 30.7. The second-order valence-electron chi connectivity index (χ2n) is 0.217. The molecule has 0 saturated heterocycles. The molecule has 0 aromatic carbocycles. The molecule has 0 saturated carbocycles. The Balaban J connectivity index is 4.06. The van der Waals surface area contributed by atoms with Crippen molar-refractivity contribution < 1.29 is 0 Å². The molecule has 26 valence electrons. The highest BCUT2D eigenvalue weighted by molar-refractivity contribution is 8.84. The first kappa shape index (κ1) is 3.33. The summed E-state index contributed by atoms with van der Waals surface area (Å²) in [6, 6.07) is 0. The lowest BCUT2D eigenvalue weighted by molar-refractivity contribution is 6.00. The molecular weight excluding hydrogens is 128 g/mol. The highest BCUT2D eigenvalue weighted by Gasteiger charge is 1.35. The van der Waals surface area contributed by atoms with Crippen molar-refractivity contribution in [1.82, 2.24) is 0 Å². The van der Waals surface area contributed by atoms with Crippen LogP contribution in [0.15, 0.2) is 0 Å². The molecule has 0 amide bonds. The van der Waals surface area contributed by atoms with Gasteiger partial charge in [-0.3, -0.25) is 0 Å². The lowest BCUT2D eigenvalue weighted by Crippen LogP contribution is -1.29. The van der Waals surface area contributed by atoms with Gasteiger partial charge in [-0.25, -0.2) is 0 Å². The number of rotatable bonds is 0. The fourth-order valence-corrected chi connectivity index (χ4v) is 0. The molecule has 0 atom stereocenters. The molecule has 0 aliphatic rings. The maximum Gasteiger partial charge on any atom is 0.124 e. The Kier molecular flexibility index (Phi) is 1.99. The minimum atomic E-state index is -2.06. The molecule has 0 rings (SSSR count). The van der Waals surface area contributed by atoms with Gasteiger partial charge in [-0.15, -0.1) is 11.7 Å². The summed E-state index contributed by atoms with van der Waals surface area (Å²) in [5.74, 6) is 0. The van der Waals surface area contributed by atoms with Crippen molar-refractivity contribution in [2.24, 2.45) is 0 Å². The van der Waals surface area contributed by atoms with Crippen LogP contribution in [-0.2, 0) is 29.3 Å². The zero-order valence-corrected chi connectivity index (χ0v) is 5.02. The summed E-state index contributed by atoms with van der Waals surface area (Å²) in [6.45, 7) is -2.06. The predicted octanol–water partition coefficient (Wildman–Crippen LogP) is 0.106. The Morgan fingerprint density at radius 2 is 2.00 bits per heavy atom. The van der Waals surface area contributed by atoms with Crippen LogP contribution in [0.3, 0.4) is 0 Å². The summed E-state index contributed by atoms with van der Waals surface area (Å²) in [5, 5.41) is 0. The molecule has 4 heteroatoms. The molecule has 0 aliphatic carbocycles. The SMILES string of the molecule is [3H]S(=S)(=S)S. The quantitative estimate of drug-likeness (QED) is 0.354. The molecule has 0 aliphatic heterocycles. The van der Waals surface area contributed by atoms with E-state index in [4.69, 9.17) is 1.12 Å². The van der Waals surface area contributed by atoms with Crippen molar-refractivity contribution in [2.45, 2.75) is 0 Å². The van der Waals surface area contributed by atoms with Crippen molar-refractivity contribution in [3.8, 4) is 0 Å². The second kappa shape index (κ2) is 2.38. The van der Waals surface area contributed by atoms with Crippen LogP contribution in [-0.4, -0.2) is 1.12 Å². The highest BCUT2D eigenvalue weighted by Crippen LogP contribution is 1.63. The number of thiol groups is 2. The molecule has 4 heavy (non-hydrogen) atoms. The summed E-state index contributed by atoms with van der Waals surface area (Å²) in [6.07, 6.45) is 0. The molecule has 0 unspecified atom stereocenters. The topological polar surface area (TPSA) is 0 Å². The van der Waals surface area contributed by atoms with Gasteiger partial charge in [0.1, 0.15) is 1.12 Å². The Morgan fingerprint density at radius 3 is 2.00 bits per heavy atom. The minimum Gasteiger partial charge on any atom is -0.106 e. The molecule has 0 radical (unpaired) electrons. The van der Waals surface area contributed by atoms with E-state index >= 15 is 0 Å².